The average molecular weight is 278 g/mol. The van der Waals surface area contributed by atoms with Gasteiger partial charge in [-0.25, -0.2) is 0 Å². The Balaban J connectivity index is 2.29. The summed E-state index contributed by atoms with van der Waals surface area (Å²) in [6.07, 6.45) is 4.32. The molecule has 5 heteroatoms. The Bertz CT molecular complexity index is 464. The zero-order chi connectivity index (χ0) is 14.7. The van der Waals surface area contributed by atoms with Gasteiger partial charge >= 0.3 is 0 Å². The quantitative estimate of drug-likeness (QED) is 0.767. The first-order valence-electron chi connectivity index (χ1n) is 7.05. The van der Waals surface area contributed by atoms with E-state index in [1.807, 2.05) is 11.8 Å². The third-order valence-electron chi connectivity index (χ3n) is 4.11. The fraction of sp³-hybridized carbons (Fsp3) is 0.533. The molecule has 0 aromatic heterocycles. The molecule has 4 N–H and O–H groups in total. The summed E-state index contributed by atoms with van der Waals surface area (Å²) in [7, 11) is 0. The zero-order valence-corrected chi connectivity index (χ0v) is 11.7. The molecule has 1 atom stereocenters. The molecular weight excluding hydrogens is 256 g/mol. The molecular formula is C15H22N2O3. The van der Waals surface area contributed by atoms with Crippen molar-refractivity contribution in [2.45, 2.75) is 44.7 Å². The highest BCUT2D eigenvalue weighted by Crippen LogP contribution is 2.38. The van der Waals surface area contributed by atoms with Crippen molar-refractivity contribution in [3.05, 3.63) is 23.8 Å². The van der Waals surface area contributed by atoms with Crippen molar-refractivity contribution >= 4 is 5.91 Å². The van der Waals surface area contributed by atoms with E-state index in [1.165, 1.54) is 0 Å². The molecule has 110 valence electrons. The molecule has 0 heterocycles. The van der Waals surface area contributed by atoms with Gasteiger partial charge in [0.15, 0.2) is 0 Å². The van der Waals surface area contributed by atoms with Crippen LogP contribution in [0, 0.1) is 0 Å². The van der Waals surface area contributed by atoms with Crippen LogP contribution in [0.5, 0.6) is 11.5 Å². The number of carbonyl (C=O) groups excluding carboxylic acids is 1. The van der Waals surface area contributed by atoms with Crippen molar-refractivity contribution in [2.75, 3.05) is 6.54 Å². The summed E-state index contributed by atoms with van der Waals surface area (Å²) in [5.41, 5.74) is 5.81. The molecule has 5 nitrogen and oxygen atoms in total. The lowest BCUT2D eigenvalue weighted by Crippen LogP contribution is -2.41. The Labute approximate surface area is 119 Å². The van der Waals surface area contributed by atoms with Crippen LogP contribution < -0.4 is 5.73 Å². The number of primary amides is 1. The monoisotopic (exact) mass is 278 g/mol. The number of phenolic OH excluding ortho intramolecular Hbond substituents is 2. The molecule has 1 unspecified atom stereocenters. The Hall–Kier alpha value is -1.75. The SMILES string of the molecule is CC(c1c(O)cccc1O)N(CC(N)=O)C1CCCC1. The van der Waals surface area contributed by atoms with Crippen LogP contribution in [-0.4, -0.2) is 33.6 Å². The fourth-order valence-electron chi connectivity index (χ4n) is 3.13. The second-order valence-electron chi connectivity index (χ2n) is 5.46. The molecule has 1 saturated carbocycles. The third-order valence-corrected chi connectivity index (χ3v) is 4.11. The van der Waals surface area contributed by atoms with Crippen molar-refractivity contribution in [1.29, 1.82) is 0 Å². The summed E-state index contributed by atoms with van der Waals surface area (Å²) in [6.45, 7) is 2.02. The lowest BCUT2D eigenvalue weighted by molar-refractivity contribution is -0.120. The van der Waals surface area contributed by atoms with Gasteiger partial charge in [0, 0.05) is 12.1 Å². The lowest BCUT2D eigenvalue weighted by Gasteiger charge is -2.34. The van der Waals surface area contributed by atoms with E-state index >= 15 is 0 Å². The van der Waals surface area contributed by atoms with Gasteiger partial charge in [-0.1, -0.05) is 18.9 Å². The molecule has 20 heavy (non-hydrogen) atoms. The van der Waals surface area contributed by atoms with E-state index in [2.05, 4.69) is 0 Å². The van der Waals surface area contributed by atoms with Crippen LogP contribution >= 0.6 is 0 Å². The molecule has 1 aromatic rings. The molecule has 0 bridgehead atoms. The van der Waals surface area contributed by atoms with Gasteiger partial charge in [0.25, 0.3) is 0 Å². The van der Waals surface area contributed by atoms with Crippen molar-refractivity contribution in [2.24, 2.45) is 5.73 Å². The van der Waals surface area contributed by atoms with Gasteiger partial charge in [0.05, 0.1) is 12.1 Å². The minimum Gasteiger partial charge on any atom is -0.507 e. The second kappa shape index (κ2) is 6.13. The van der Waals surface area contributed by atoms with Crippen molar-refractivity contribution in [1.82, 2.24) is 4.90 Å². The molecule has 1 aliphatic rings. The number of carbonyl (C=O) groups is 1. The number of rotatable bonds is 5. The average Bonchev–Trinajstić information content (AvgIpc) is 2.88. The van der Waals surface area contributed by atoms with Gasteiger partial charge in [-0.15, -0.1) is 0 Å². The molecule has 0 spiro atoms. The van der Waals surface area contributed by atoms with Gasteiger partial charge in [0.1, 0.15) is 11.5 Å². The van der Waals surface area contributed by atoms with E-state index in [9.17, 15) is 15.0 Å². The number of hydrogen-bond acceptors (Lipinski definition) is 4. The third kappa shape index (κ3) is 3.04. The van der Waals surface area contributed by atoms with Gasteiger partial charge < -0.3 is 15.9 Å². The highest BCUT2D eigenvalue weighted by Gasteiger charge is 2.30. The topological polar surface area (TPSA) is 86.8 Å². The van der Waals surface area contributed by atoms with Crippen molar-refractivity contribution < 1.29 is 15.0 Å². The normalized spacial score (nSPS) is 17.5. The Morgan fingerprint density at radius 1 is 1.35 bits per heavy atom. The van der Waals surface area contributed by atoms with E-state index in [1.54, 1.807) is 18.2 Å². The first kappa shape index (κ1) is 14.7. The van der Waals surface area contributed by atoms with E-state index in [4.69, 9.17) is 5.73 Å². The number of nitrogens with zero attached hydrogens (tertiary/aromatic N) is 1. The van der Waals surface area contributed by atoms with Crippen LogP contribution in [0.2, 0.25) is 0 Å². The minimum atomic E-state index is -0.390. The summed E-state index contributed by atoms with van der Waals surface area (Å²) in [5.74, 6) is -0.298. The van der Waals surface area contributed by atoms with Gasteiger partial charge in [-0.2, -0.15) is 0 Å². The standard InChI is InChI=1S/C15H22N2O3/c1-10(15-12(18)7-4-8-13(15)19)17(9-14(16)20)11-5-2-3-6-11/h4,7-8,10-11,18-19H,2-3,5-6,9H2,1H3,(H2,16,20). The first-order valence-corrected chi connectivity index (χ1v) is 7.05. The summed E-state index contributed by atoms with van der Waals surface area (Å²) in [5, 5.41) is 20.0. The Morgan fingerprint density at radius 2 is 1.90 bits per heavy atom. The van der Waals surface area contributed by atoms with Crippen molar-refractivity contribution in [3.63, 3.8) is 0 Å². The molecule has 2 rings (SSSR count). The Morgan fingerprint density at radius 3 is 2.40 bits per heavy atom. The van der Waals surface area contributed by atoms with Crippen LogP contribution in [0.3, 0.4) is 0 Å². The van der Waals surface area contributed by atoms with E-state index in [0.29, 0.717) is 5.56 Å². The lowest BCUT2D eigenvalue weighted by atomic mass is 10.0. The van der Waals surface area contributed by atoms with E-state index in [0.717, 1.165) is 25.7 Å². The number of benzene rings is 1. The van der Waals surface area contributed by atoms with Crippen LogP contribution in [0.1, 0.15) is 44.2 Å². The predicted octanol–water partition coefficient (Wildman–Crippen LogP) is 1.89. The highest BCUT2D eigenvalue weighted by molar-refractivity contribution is 5.76. The Kier molecular flexibility index (Phi) is 4.49. The highest BCUT2D eigenvalue weighted by atomic mass is 16.3. The second-order valence-corrected chi connectivity index (χ2v) is 5.46. The molecule has 1 aliphatic carbocycles. The first-order chi connectivity index (χ1) is 9.50. The minimum absolute atomic E-state index is 0.0463. The fourth-order valence-corrected chi connectivity index (χ4v) is 3.13. The van der Waals surface area contributed by atoms with Crippen molar-refractivity contribution in [3.8, 4) is 11.5 Å². The molecule has 0 radical (unpaired) electrons. The number of phenols is 2. The molecule has 0 aliphatic heterocycles. The summed E-state index contributed by atoms with van der Waals surface area (Å²) in [6, 6.07) is 4.70. The van der Waals surface area contributed by atoms with Gasteiger partial charge in [-0.3, -0.25) is 9.69 Å². The van der Waals surface area contributed by atoms with Crippen LogP contribution in [0.15, 0.2) is 18.2 Å². The van der Waals surface area contributed by atoms with Gasteiger partial charge in [-0.05, 0) is 31.9 Å². The number of hydrogen-bond donors (Lipinski definition) is 3. The smallest absolute Gasteiger partial charge is 0.231 e. The number of nitrogens with two attached hydrogens (primary N) is 1. The maximum atomic E-state index is 11.3. The predicted molar refractivity (Wildman–Crippen MR) is 76.3 cm³/mol. The molecule has 1 aromatic carbocycles. The van der Waals surface area contributed by atoms with E-state index in [-0.39, 0.29) is 30.1 Å². The molecule has 1 amide bonds. The maximum absolute atomic E-state index is 11.3. The molecule has 1 fully saturated rings. The van der Waals surface area contributed by atoms with Gasteiger partial charge in [0.2, 0.25) is 5.91 Å². The van der Waals surface area contributed by atoms with Crippen LogP contribution in [-0.2, 0) is 4.79 Å². The van der Waals surface area contributed by atoms with E-state index < -0.39 is 5.91 Å². The van der Waals surface area contributed by atoms with Crippen LogP contribution in [0.4, 0.5) is 0 Å². The summed E-state index contributed by atoms with van der Waals surface area (Å²) < 4.78 is 0. The number of amides is 1. The van der Waals surface area contributed by atoms with Crippen LogP contribution in [0.25, 0.3) is 0 Å². The molecule has 0 saturated heterocycles. The maximum Gasteiger partial charge on any atom is 0.231 e. The summed E-state index contributed by atoms with van der Waals surface area (Å²) >= 11 is 0. The zero-order valence-electron chi connectivity index (χ0n) is 11.7. The summed E-state index contributed by atoms with van der Waals surface area (Å²) in [4.78, 5) is 13.3. The largest absolute Gasteiger partial charge is 0.507 e. The number of aromatic hydroxyl groups is 2.